The minimum atomic E-state index is -3.68. The van der Waals surface area contributed by atoms with Crippen LogP contribution in [0.4, 0.5) is 8.78 Å². The summed E-state index contributed by atoms with van der Waals surface area (Å²) < 4.78 is 24.3. The molecule has 4 heteroatoms. The van der Waals surface area contributed by atoms with E-state index in [2.05, 4.69) is 11.6 Å². The summed E-state index contributed by atoms with van der Waals surface area (Å²) in [7, 11) is 0. The molecule has 72 valence electrons. The molecular formula is C8H13ClF2O. The summed E-state index contributed by atoms with van der Waals surface area (Å²) in [5.74, 6) is -1.14. The Balaban J connectivity index is 3.99. The van der Waals surface area contributed by atoms with Gasteiger partial charge in [-0.15, -0.1) is 0 Å². The predicted molar refractivity (Wildman–Crippen MR) is 44.5 cm³/mol. The van der Waals surface area contributed by atoms with E-state index >= 15 is 0 Å². The maximum atomic E-state index is 12.2. The zero-order valence-corrected chi connectivity index (χ0v) is 8.00. The van der Waals surface area contributed by atoms with Crippen molar-refractivity contribution < 1.29 is 13.6 Å². The third-order valence-electron chi connectivity index (χ3n) is 1.94. The van der Waals surface area contributed by atoms with Gasteiger partial charge in [0.05, 0.1) is 0 Å². The van der Waals surface area contributed by atoms with Gasteiger partial charge in [-0.05, 0) is 17.5 Å². The average Bonchev–Trinajstić information content (AvgIpc) is 1.97. The van der Waals surface area contributed by atoms with E-state index in [-0.39, 0.29) is 12.3 Å². The van der Waals surface area contributed by atoms with Gasteiger partial charge in [-0.25, -0.2) is 0 Å². The number of hydrogen-bond acceptors (Lipinski definition) is 1. The number of carbonyl (C=O) groups is 1. The fourth-order valence-electron chi connectivity index (χ4n) is 0.955. The van der Waals surface area contributed by atoms with Crippen LogP contribution in [0.15, 0.2) is 0 Å². The topological polar surface area (TPSA) is 17.1 Å². The van der Waals surface area contributed by atoms with E-state index in [4.69, 9.17) is 0 Å². The molecule has 12 heavy (non-hydrogen) atoms. The molecule has 0 aromatic rings. The lowest BCUT2D eigenvalue weighted by Gasteiger charge is -2.12. The summed E-state index contributed by atoms with van der Waals surface area (Å²) in [6, 6.07) is 0. The Labute approximate surface area is 76.1 Å². The molecule has 0 saturated carbocycles. The quantitative estimate of drug-likeness (QED) is 0.620. The van der Waals surface area contributed by atoms with Gasteiger partial charge in [0.2, 0.25) is 5.78 Å². The molecule has 0 N–H and O–H groups in total. The number of rotatable bonds is 5. The molecule has 0 aliphatic heterocycles. The van der Waals surface area contributed by atoms with Gasteiger partial charge in [-0.3, -0.25) is 4.79 Å². The van der Waals surface area contributed by atoms with Gasteiger partial charge in [0.1, 0.15) is 0 Å². The molecule has 0 amide bonds. The van der Waals surface area contributed by atoms with Crippen LogP contribution in [0.2, 0.25) is 0 Å². The Bertz CT molecular complexity index is 150. The second kappa shape index (κ2) is 4.75. The smallest absolute Gasteiger partial charge is 0.291 e. The summed E-state index contributed by atoms with van der Waals surface area (Å²) in [6.45, 7) is 3.74. The number of halogens is 3. The molecule has 0 atom stereocenters. The zero-order valence-electron chi connectivity index (χ0n) is 7.24. The summed E-state index contributed by atoms with van der Waals surface area (Å²) in [5.41, 5.74) is 0. The number of ketones is 1. The number of alkyl halides is 3. The van der Waals surface area contributed by atoms with Crippen molar-refractivity contribution in [3.05, 3.63) is 0 Å². The zero-order chi connectivity index (χ0) is 9.78. The third-order valence-corrected chi connectivity index (χ3v) is 2.16. The van der Waals surface area contributed by atoms with Gasteiger partial charge in [0, 0.05) is 6.42 Å². The van der Waals surface area contributed by atoms with E-state index in [0.29, 0.717) is 0 Å². The number of hydrogen-bond donors (Lipinski definition) is 0. The standard InChI is InChI=1S/C8H13ClF2O/c1-3-6(4-2)5-7(12)8(9,10)11/h6H,3-5H2,1-2H3. The number of carbonyl (C=O) groups excluding carboxylic acids is 1. The van der Waals surface area contributed by atoms with Crippen molar-refractivity contribution in [2.45, 2.75) is 38.5 Å². The van der Waals surface area contributed by atoms with Crippen LogP contribution in [0.3, 0.4) is 0 Å². The fraction of sp³-hybridized carbons (Fsp3) is 0.875. The minimum absolute atomic E-state index is 0.0297. The van der Waals surface area contributed by atoms with Crippen LogP contribution in [0.1, 0.15) is 33.1 Å². The van der Waals surface area contributed by atoms with Crippen molar-refractivity contribution in [2.75, 3.05) is 0 Å². The summed E-state index contributed by atoms with van der Waals surface area (Å²) in [4.78, 5) is 10.7. The Morgan fingerprint density at radius 3 is 2.08 bits per heavy atom. The molecule has 0 aliphatic carbocycles. The highest BCUT2D eigenvalue weighted by molar-refractivity contribution is 6.32. The van der Waals surface area contributed by atoms with Crippen molar-refractivity contribution in [1.82, 2.24) is 0 Å². The van der Waals surface area contributed by atoms with Crippen LogP contribution < -0.4 is 0 Å². The normalized spacial score (nSPS) is 12.2. The second-order valence-electron chi connectivity index (χ2n) is 2.81. The van der Waals surface area contributed by atoms with Gasteiger partial charge in [-0.1, -0.05) is 26.7 Å². The molecule has 0 radical (unpaired) electrons. The summed E-state index contributed by atoms with van der Waals surface area (Å²) in [5, 5.41) is -3.68. The van der Waals surface area contributed by atoms with E-state index in [0.717, 1.165) is 12.8 Å². The molecule has 0 spiro atoms. The van der Waals surface area contributed by atoms with Gasteiger partial charge in [0.25, 0.3) is 0 Å². The van der Waals surface area contributed by atoms with Gasteiger partial charge < -0.3 is 0 Å². The van der Waals surface area contributed by atoms with E-state index in [1.165, 1.54) is 0 Å². The van der Waals surface area contributed by atoms with E-state index < -0.39 is 11.2 Å². The van der Waals surface area contributed by atoms with Crippen molar-refractivity contribution >= 4 is 17.4 Å². The molecule has 0 aliphatic rings. The lowest BCUT2D eigenvalue weighted by atomic mass is 9.97. The molecular weight excluding hydrogens is 186 g/mol. The molecule has 0 heterocycles. The SMILES string of the molecule is CCC(CC)CC(=O)C(F)(F)Cl. The molecule has 0 saturated heterocycles. The van der Waals surface area contributed by atoms with E-state index in [9.17, 15) is 13.6 Å². The lowest BCUT2D eigenvalue weighted by molar-refractivity contribution is -0.134. The monoisotopic (exact) mass is 198 g/mol. The molecule has 0 rings (SSSR count). The van der Waals surface area contributed by atoms with Gasteiger partial charge in [-0.2, -0.15) is 8.78 Å². The van der Waals surface area contributed by atoms with Crippen LogP contribution >= 0.6 is 11.6 Å². The lowest BCUT2D eigenvalue weighted by Crippen LogP contribution is -2.23. The summed E-state index contributed by atoms with van der Waals surface area (Å²) >= 11 is 4.56. The Morgan fingerprint density at radius 1 is 1.42 bits per heavy atom. The highest BCUT2D eigenvalue weighted by atomic mass is 35.5. The first-order valence-corrected chi connectivity index (χ1v) is 4.39. The maximum Gasteiger partial charge on any atom is 0.380 e. The largest absolute Gasteiger partial charge is 0.380 e. The highest BCUT2D eigenvalue weighted by Crippen LogP contribution is 2.25. The molecule has 0 aromatic heterocycles. The van der Waals surface area contributed by atoms with E-state index in [1.54, 1.807) is 0 Å². The van der Waals surface area contributed by atoms with Crippen molar-refractivity contribution in [2.24, 2.45) is 5.92 Å². The molecule has 0 fully saturated rings. The Hall–Kier alpha value is -0.180. The van der Waals surface area contributed by atoms with Crippen molar-refractivity contribution in [3.8, 4) is 0 Å². The maximum absolute atomic E-state index is 12.2. The minimum Gasteiger partial charge on any atom is -0.291 e. The van der Waals surface area contributed by atoms with Crippen LogP contribution in [0.5, 0.6) is 0 Å². The fourth-order valence-corrected chi connectivity index (χ4v) is 1.03. The van der Waals surface area contributed by atoms with E-state index in [1.807, 2.05) is 13.8 Å². The van der Waals surface area contributed by atoms with Crippen molar-refractivity contribution in [3.63, 3.8) is 0 Å². The Morgan fingerprint density at radius 2 is 1.83 bits per heavy atom. The Kier molecular flexibility index (Phi) is 4.68. The molecule has 1 nitrogen and oxygen atoms in total. The van der Waals surface area contributed by atoms with Crippen LogP contribution in [0, 0.1) is 5.92 Å². The molecule has 0 aromatic carbocycles. The summed E-state index contributed by atoms with van der Waals surface area (Å²) in [6.07, 6.45) is 1.34. The molecule has 0 bridgehead atoms. The van der Waals surface area contributed by atoms with Crippen LogP contribution in [-0.4, -0.2) is 11.2 Å². The first-order valence-electron chi connectivity index (χ1n) is 4.01. The number of Topliss-reactive ketones (excluding diaryl/α,β-unsaturated/α-hetero) is 1. The first kappa shape index (κ1) is 11.8. The molecule has 0 unspecified atom stereocenters. The second-order valence-corrected chi connectivity index (χ2v) is 3.28. The van der Waals surface area contributed by atoms with Crippen molar-refractivity contribution in [1.29, 1.82) is 0 Å². The highest BCUT2D eigenvalue weighted by Gasteiger charge is 2.35. The van der Waals surface area contributed by atoms with Gasteiger partial charge >= 0.3 is 5.38 Å². The predicted octanol–water partition coefficient (Wildman–Crippen LogP) is 3.21. The first-order chi connectivity index (χ1) is 5.41. The average molecular weight is 199 g/mol. The van der Waals surface area contributed by atoms with Crippen LogP contribution in [0.25, 0.3) is 0 Å². The van der Waals surface area contributed by atoms with Crippen LogP contribution in [-0.2, 0) is 4.79 Å². The van der Waals surface area contributed by atoms with Gasteiger partial charge in [0.15, 0.2) is 0 Å². The third kappa shape index (κ3) is 4.00.